The standard InChI is InChI=1S/C9H19NO3/c1-5-7(2)10(3)8(6-13-4)9(11)12/h7-8H,5-6H2,1-4H3,(H,11,12). The maximum absolute atomic E-state index is 10.8. The highest BCUT2D eigenvalue weighted by Crippen LogP contribution is 2.06. The molecular weight excluding hydrogens is 170 g/mol. The second-order valence-electron chi connectivity index (χ2n) is 3.23. The molecule has 0 aromatic carbocycles. The van der Waals surface area contributed by atoms with Crippen LogP contribution in [0.1, 0.15) is 20.3 Å². The van der Waals surface area contributed by atoms with Gasteiger partial charge in [-0.05, 0) is 20.4 Å². The number of carboxylic acid groups (broad SMARTS) is 1. The molecule has 0 radical (unpaired) electrons. The third-order valence-corrected chi connectivity index (χ3v) is 2.39. The van der Waals surface area contributed by atoms with Crippen molar-refractivity contribution in [2.75, 3.05) is 20.8 Å². The molecule has 13 heavy (non-hydrogen) atoms. The molecule has 0 aromatic rings. The van der Waals surface area contributed by atoms with Gasteiger partial charge in [0, 0.05) is 13.2 Å². The molecule has 0 amide bonds. The lowest BCUT2D eigenvalue weighted by molar-refractivity contribution is -0.145. The van der Waals surface area contributed by atoms with E-state index in [0.29, 0.717) is 0 Å². The summed E-state index contributed by atoms with van der Waals surface area (Å²) in [4.78, 5) is 12.7. The van der Waals surface area contributed by atoms with Gasteiger partial charge in [-0.1, -0.05) is 6.92 Å². The zero-order chi connectivity index (χ0) is 10.4. The smallest absolute Gasteiger partial charge is 0.323 e. The van der Waals surface area contributed by atoms with Crippen LogP contribution < -0.4 is 0 Å². The summed E-state index contributed by atoms with van der Waals surface area (Å²) in [7, 11) is 3.33. The van der Waals surface area contributed by atoms with Crippen LogP contribution in [0, 0.1) is 0 Å². The summed E-state index contributed by atoms with van der Waals surface area (Å²) in [6.45, 7) is 4.27. The van der Waals surface area contributed by atoms with E-state index in [1.54, 1.807) is 0 Å². The molecule has 2 atom stereocenters. The van der Waals surface area contributed by atoms with Crippen molar-refractivity contribution in [2.24, 2.45) is 0 Å². The molecule has 2 unspecified atom stereocenters. The third-order valence-electron chi connectivity index (χ3n) is 2.39. The molecule has 0 saturated carbocycles. The van der Waals surface area contributed by atoms with E-state index < -0.39 is 12.0 Å². The van der Waals surface area contributed by atoms with E-state index in [1.807, 2.05) is 25.8 Å². The molecule has 0 fully saturated rings. The van der Waals surface area contributed by atoms with Crippen molar-refractivity contribution in [3.63, 3.8) is 0 Å². The van der Waals surface area contributed by atoms with Gasteiger partial charge in [0.2, 0.25) is 0 Å². The first-order chi connectivity index (χ1) is 6.04. The van der Waals surface area contributed by atoms with Gasteiger partial charge in [0.25, 0.3) is 0 Å². The zero-order valence-corrected chi connectivity index (χ0v) is 8.78. The average Bonchev–Trinajstić information content (AvgIpc) is 2.11. The number of likely N-dealkylation sites (N-methyl/N-ethyl adjacent to an activating group) is 1. The Morgan fingerprint density at radius 1 is 1.62 bits per heavy atom. The van der Waals surface area contributed by atoms with Crippen LogP contribution in [0.4, 0.5) is 0 Å². The minimum absolute atomic E-state index is 0.232. The van der Waals surface area contributed by atoms with Crippen molar-refractivity contribution in [2.45, 2.75) is 32.4 Å². The minimum Gasteiger partial charge on any atom is -0.480 e. The van der Waals surface area contributed by atoms with Gasteiger partial charge >= 0.3 is 5.97 Å². The SMILES string of the molecule is CCC(C)N(C)C(COC)C(=O)O. The number of methoxy groups -OCH3 is 1. The van der Waals surface area contributed by atoms with Crippen molar-refractivity contribution < 1.29 is 14.6 Å². The first-order valence-corrected chi connectivity index (χ1v) is 4.48. The molecule has 0 saturated heterocycles. The van der Waals surface area contributed by atoms with E-state index >= 15 is 0 Å². The quantitative estimate of drug-likeness (QED) is 0.672. The van der Waals surface area contributed by atoms with E-state index in [0.717, 1.165) is 6.42 Å². The Hall–Kier alpha value is -0.610. The van der Waals surface area contributed by atoms with Crippen LogP contribution in [0.15, 0.2) is 0 Å². The van der Waals surface area contributed by atoms with E-state index in [2.05, 4.69) is 0 Å². The summed E-state index contributed by atoms with van der Waals surface area (Å²) in [5.74, 6) is -0.829. The van der Waals surface area contributed by atoms with Gasteiger partial charge in [-0.3, -0.25) is 9.69 Å². The number of nitrogens with zero attached hydrogens (tertiary/aromatic N) is 1. The van der Waals surface area contributed by atoms with Crippen molar-refractivity contribution in [3.05, 3.63) is 0 Å². The fraction of sp³-hybridized carbons (Fsp3) is 0.889. The summed E-state index contributed by atoms with van der Waals surface area (Å²) >= 11 is 0. The molecule has 0 spiro atoms. The monoisotopic (exact) mass is 189 g/mol. The van der Waals surface area contributed by atoms with Crippen molar-refractivity contribution in [1.82, 2.24) is 4.90 Å². The van der Waals surface area contributed by atoms with Gasteiger partial charge in [-0.2, -0.15) is 0 Å². The van der Waals surface area contributed by atoms with Gasteiger partial charge in [0.1, 0.15) is 6.04 Å². The lowest BCUT2D eigenvalue weighted by atomic mass is 10.2. The van der Waals surface area contributed by atoms with E-state index in [-0.39, 0.29) is 12.6 Å². The number of carbonyl (C=O) groups is 1. The van der Waals surface area contributed by atoms with E-state index in [9.17, 15) is 4.79 Å². The van der Waals surface area contributed by atoms with E-state index in [4.69, 9.17) is 9.84 Å². The lowest BCUT2D eigenvalue weighted by Gasteiger charge is -2.29. The minimum atomic E-state index is -0.829. The van der Waals surface area contributed by atoms with Gasteiger partial charge < -0.3 is 9.84 Å². The van der Waals surface area contributed by atoms with Gasteiger partial charge in [0.15, 0.2) is 0 Å². The molecule has 0 rings (SSSR count). The molecular formula is C9H19NO3. The van der Waals surface area contributed by atoms with Crippen LogP contribution in [0.25, 0.3) is 0 Å². The molecule has 4 nitrogen and oxygen atoms in total. The zero-order valence-electron chi connectivity index (χ0n) is 8.78. The average molecular weight is 189 g/mol. The predicted molar refractivity (Wildman–Crippen MR) is 50.8 cm³/mol. The fourth-order valence-electron chi connectivity index (χ4n) is 1.12. The maximum Gasteiger partial charge on any atom is 0.323 e. The number of rotatable bonds is 6. The van der Waals surface area contributed by atoms with Gasteiger partial charge in [-0.25, -0.2) is 0 Å². The second kappa shape index (κ2) is 5.94. The number of aliphatic carboxylic acids is 1. The van der Waals surface area contributed by atoms with Crippen LogP contribution in [0.5, 0.6) is 0 Å². The summed E-state index contributed by atoms with van der Waals surface area (Å²) in [6.07, 6.45) is 0.935. The molecule has 4 heteroatoms. The highest BCUT2D eigenvalue weighted by molar-refractivity contribution is 5.73. The molecule has 0 aliphatic rings. The molecule has 0 aliphatic heterocycles. The normalized spacial score (nSPS) is 15.8. The van der Waals surface area contributed by atoms with Crippen LogP contribution in [0.2, 0.25) is 0 Å². The predicted octanol–water partition coefficient (Wildman–Crippen LogP) is 0.816. The molecule has 0 aliphatic carbocycles. The molecule has 0 bridgehead atoms. The van der Waals surface area contributed by atoms with Crippen LogP contribution in [-0.2, 0) is 9.53 Å². The Morgan fingerprint density at radius 2 is 2.15 bits per heavy atom. The topological polar surface area (TPSA) is 49.8 Å². The Morgan fingerprint density at radius 3 is 2.46 bits per heavy atom. The Labute approximate surface area is 79.5 Å². The number of hydrogen-bond donors (Lipinski definition) is 1. The van der Waals surface area contributed by atoms with Crippen molar-refractivity contribution in [1.29, 1.82) is 0 Å². The first-order valence-electron chi connectivity index (χ1n) is 4.48. The number of hydrogen-bond acceptors (Lipinski definition) is 3. The Balaban J connectivity index is 4.26. The Kier molecular flexibility index (Phi) is 5.66. The largest absolute Gasteiger partial charge is 0.480 e. The Bertz CT molecular complexity index is 161. The molecule has 0 heterocycles. The van der Waals surface area contributed by atoms with Crippen LogP contribution in [0.3, 0.4) is 0 Å². The lowest BCUT2D eigenvalue weighted by Crippen LogP contribution is -2.46. The summed E-state index contributed by atoms with van der Waals surface area (Å²) in [6, 6.07) is -0.281. The summed E-state index contributed by atoms with van der Waals surface area (Å²) < 4.78 is 4.86. The molecule has 78 valence electrons. The van der Waals surface area contributed by atoms with E-state index in [1.165, 1.54) is 7.11 Å². The highest BCUT2D eigenvalue weighted by atomic mass is 16.5. The van der Waals surface area contributed by atoms with Crippen LogP contribution >= 0.6 is 0 Å². The van der Waals surface area contributed by atoms with Crippen LogP contribution in [-0.4, -0.2) is 48.8 Å². The second-order valence-corrected chi connectivity index (χ2v) is 3.23. The van der Waals surface area contributed by atoms with Gasteiger partial charge in [0.05, 0.1) is 6.61 Å². The summed E-state index contributed by atoms with van der Waals surface area (Å²) in [5.41, 5.74) is 0. The highest BCUT2D eigenvalue weighted by Gasteiger charge is 2.25. The van der Waals surface area contributed by atoms with Crippen molar-refractivity contribution in [3.8, 4) is 0 Å². The van der Waals surface area contributed by atoms with Gasteiger partial charge in [-0.15, -0.1) is 0 Å². The third kappa shape index (κ3) is 3.74. The first kappa shape index (κ1) is 12.4. The summed E-state index contributed by atoms with van der Waals surface area (Å²) in [5, 5.41) is 8.90. The fourth-order valence-corrected chi connectivity index (χ4v) is 1.12. The number of carboxylic acids is 1. The molecule has 1 N–H and O–H groups in total. The molecule has 0 aromatic heterocycles. The van der Waals surface area contributed by atoms with Crippen molar-refractivity contribution >= 4 is 5.97 Å². The number of ether oxygens (including phenoxy) is 1. The maximum atomic E-state index is 10.8.